The van der Waals surface area contributed by atoms with Crippen molar-refractivity contribution in [2.24, 2.45) is 5.92 Å². The predicted molar refractivity (Wildman–Crippen MR) is 106 cm³/mol. The van der Waals surface area contributed by atoms with Gasteiger partial charge in [-0.15, -0.1) is 0 Å². The van der Waals surface area contributed by atoms with Crippen molar-refractivity contribution in [1.29, 1.82) is 0 Å². The van der Waals surface area contributed by atoms with Gasteiger partial charge in [-0.2, -0.15) is 4.98 Å². The molecule has 2 atom stereocenters. The SMILES string of the molecule is C[C@H]1CCCN(c2nc3c(c(=O)[nH]2)[C@H](C(=O)Nc2ccccc2F)CC(=O)N3)C1. The van der Waals surface area contributed by atoms with Gasteiger partial charge in [-0.1, -0.05) is 19.1 Å². The van der Waals surface area contributed by atoms with E-state index in [0.717, 1.165) is 25.9 Å². The Morgan fingerprint density at radius 1 is 1.31 bits per heavy atom. The summed E-state index contributed by atoms with van der Waals surface area (Å²) >= 11 is 0. The Hall–Kier alpha value is -3.23. The van der Waals surface area contributed by atoms with E-state index in [-0.39, 0.29) is 23.5 Å². The fourth-order valence-corrected chi connectivity index (χ4v) is 3.90. The normalized spacial score (nSPS) is 21.3. The van der Waals surface area contributed by atoms with Crippen molar-refractivity contribution >= 4 is 29.3 Å². The number of rotatable bonds is 3. The molecule has 0 unspecified atom stereocenters. The van der Waals surface area contributed by atoms with Crippen molar-refractivity contribution in [2.45, 2.75) is 32.1 Å². The number of fused-ring (bicyclic) bond motifs is 1. The summed E-state index contributed by atoms with van der Waals surface area (Å²) in [6.07, 6.45) is 1.89. The zero-order valence-electron chi connectivity index (χ0n) is 16.0. The molecule has 0 aliphatic carbocycles. The molecule has 3 heterocycles. The smallest absolute Gasteiger partial charge is 0.258 e. The lowest BCUT2D eigenvalue weighted by molar-refractivity contribution is -0.123. The Morgan fingerprint density at radius 2 is 2.10 bits per heavy atom. The molecule has 1 fully saturated rings. The van der Waals surface area contributed by atoms with Crippen molar-refractivity contribution in [3.8, 4) is 0 Å². The number of nitrogens with zero attached hydrogens (tertiary/aromatic N) is 2. The first-order valence-corrected chi connectivity index (χ1v) is 9.66. The highest BCUT2D eigenvalue weighted by molar-refractivity contribution is 6.04. The van der Waals surface area contributed by atoms with E-state index in [9.17, 15) is 18.8 Å². The maximum Gasteiger partial charge on any atom is 0.258 e. The average molecular weight is 399 g/mol. The second kappa shape index (κ2) is 7.65. The van der Waals surface area contributed by atoms with Crippen LogP contribution in [0.2, 0.25) is 0 Å². The van der Waals surface area contributed by atoms with Gasteiger partial charge in [0.1, 0.15) is 11.6 Å². The molecule has 1 aromatic carbocycles. The van der Waals surface area contributed by atoms with E-state index in [1.807, 2.05) is 4.90 Å². The molecule has 3 N–H and O–H groups in total. The lowest BCUT2D eigenvalue weighted by Crippen LogP contribution is -2.40. The third-order valence-corrected chi connectivity index (χ3v) is 5.34. The first kappa shape index (κ1) is 19.1. The fourth-order valence-electron chi connectivity index (χ4n) is 3.90. The number of piperidine rings is 1. The Balaban J connectivity index is 1.66. The first-order chi connectivity index (χ1) is 13.9. The van der Waals surface area contributed by atoms with E-state index >= 15 is 0 Å². The van der Waals surface area contributed by atoms with Crippen molar-refractivity contribution in [2.75, 3.05) is 28.6 Å². The van der Waals surface area contributed by atoms with Crippen LogP contribution in [0.25, 0.3) is 0 Å². The van der Waals surface area contributed by atoms with Gasteiger partial charge in [0.2, 0.25) is 17.8 Å². The third-order valence-electron chi connectivity index (χ3n) is 5.34. The van der Waals surface area contributed by atoms with E-state index in [1.165, 1.54) is 18.2 Å². The molecular weight excluding hydrogens is 377 g/mol. The van der Waals surface area contributed by atoms with E-state index in [1.54, 1.807) is 6.07 Å². The van der Waals surface area contributed by atoms with Crippen molar-refractivity contribution in [1.82, 2.24) is 9.97 Å². The molecule has 0 radical (unpaired) electrons. The maximum absolute atomic E-state index is 13.9. The molecule has 0 saturated carbocycles. The first-order valence-electron chi connectivity index (χ1n) is 9.66. The minimum absolute atomic E-state index is 0.00616. The number of amides is 2. The predicted octanol–water partition coefficient (Wildman–Crippen LogP) is 2.21. The molecule has 0 bridgehead atoms. The van der Waals surface area contributed by atoms with Crippen molar-refractivity contribution in [3.63, 3.8) is 0 Å². The number of carbonyl (C=O) groups is 2. The van der Waals surface area contributed by atoms with Crippen molar-refractivity contribution < 1.29 is 14.0 Å². The van der Waals surface area contributed by atoms with Crippen LogP contribution in [-0.4, -0.2) is 34.9 Å². The summed E-state index contributed by atoms with van der Waals surface area (Å²) in [5.41, 5.74) is -0.391. The average Bonchev–Trinajstić information content (AvgIpc) is 2.68. The number of aromatic nitrogens is 2. The maximum atomic E-state index is 13.9. The molecule has 2 aliphatic heterocycles. The molecule has 1 saturated heterocycles. The summed E-state index contributed by atoms with van der Waals surface area (Å²) < 4.78 is 13.9. The monoisotopic (exact) mass is 399 g/mol. The quantitative estimate of drug-likeness (QED) is 0.734. The molecule has 29 heavy (non-hydrogen) atoms. The number of hydrogen-bond donors (Lipinski definition) is 3. The fraction of sp³-hybridized carbons (Fsp3) is 0.400. The number of carbonyl (C=O) groups excluding carboxylic acids is 2. The highest BCUT2D eigenvalue weighted by Crippen LogP contribution is 2.31. The van der Waals surface area contributed by atoms with Crippen LogP contribution in [0.15, 0.2) is 29.1 Å². The number of hydrogen-bond acceptors (Lipinski definition) is 5. The molecule has 2 aliphatic rings. The van der Waals surface area contributed by atoms with Crippen LogP contribution in [0.1, 0.15) is 37.7 Å². The lowest BCUT2D eigenvalue weighted by Gasteiger charge is -2.32. The number of anilines is 3. The van der Waals surface area contributed by atoms with Crippen LogP contribution >= 0.6 is 0 Å². The molecule has 1 aromatic heterocycles. The zero-order valence-corrected chi connectivity index (χ0v) is 16.0. The van der Waals surface area contributed by atoms with E-state index in [0.29, 0.717) is 11.9 Å². The molecule has 0 spiro atoms. The highest BCUT2D eigenvalue weighted by atomic mass is 19.1. The molecule has 2 aromatic rings. The second-order valence-electron chi connectivity index (χ2n) is 7.62. The summed E-state index contributed by atoms with van der Waals surface area (Å²) in [6.45, 7) is 3.65. The van der Waals surface area contributed by atoms with Crippen LogP contribution in [0.3, 0.4) is 0 Å². The van der Waals surface area contributed by atoms with Gasteiger partial charge < -0.3 is 15.5 Å². The molecule has 2 amide bonds. The number of aromatic amines is 1. The van der Waals surface area contributed by atoms with E-state index in [4.69, 9.17) is 0 Å². The topological polar surface area (TPSA) is 107 Å². The molecule has 8 nitrogen and oxygen atoms in total. The molecule has 9 heteroatoms. The lowest BCUT2D eigenvalue weighted by atomic mass is 9.92. The second-order valence-corrected chi connectivity index (χ2v) is 7.62. The number of H-pyrrole nitrogens is 1. The number of para-hydroxylation sites is 1. The van der Waals surface area contributed by atoms with Crippen molar-refractivity contribution in [3.05, 3.63) is 46.0 Å². The van der Waals surface area contributed by atoms with Gasteiger partial charge in [-0.3, -0.25) is 19.4 Å². The Kier molecular flexibility index (Phi) is 5.04. The van der Waals surface area contributed by atoms with Gasteiger partial charge in [-0.05, 0) is 30.9 Å². The molecule has 4 rings (SSSR count). The largest absolute Gasteiger partial charge is 0.342 e. The van der Waals surface area contributed by atoms with Gasteiger partial charge >= 0.3 is 0 Å². The minimum atomic E-state index is -1.05. The van der Waals surface area contributed by atoms with Crippen LogP contribution in [0.4, 0.5) is 21.8 Å². The standard InChI is InChI=1S/C20H22FN5O3/c1-11-5-4-8-26(10-11)20-24-17-16(19(29)25-20)12(9-15(27)23-17)18(28)22-14-7-3-2-6-13(14)21/h2-3,6-7,11-12H,4-5,8-10H2,1H3,(H,22,28)(H2,23,24,25,27,29)/t11-,12+/m0/s1. The Bertz CT molecular complexity index is 1020. The molecular formula is C20H22FN5O3. The van der Waals surface area contributed by atoms with Gasteiger partial charge in [0.05, 0.1) is 17.2 Å². The number of nitrogens with one attached hydrogen (secondary N) is 3. The summed E-state index contributed by atoms with van der Waals surface area (Å²) in [5.74, 6) is -1.74. The minimum Gasteiger partial charge on any atom is -0.342 e. The molecule has 152 valence electrons. The van der Waals surface area contributed by atoms with Gasteiger partial charge in [0, 0.05) is 19.5 Å². The summed E-state index contributed by atoms with van der Waals surface area (Å²) in [7, 11) is 0. The van der Waals surface area contributed by atoms with Gasteiger partial charge in [0.25, 0.3) is 5.56 Å². The van der Waals surface area contributed by atoms with E-state index in [2.05, 4.69) is 27.5 Å². The van der Waals surface area contributed by atoms with Gasteiger partial charge in [-0.25, -0.2) is 4.39 Å². The van der Waals surface area contributed by atoms with Crippen LogP contribution in [-0.2, 0) is 9.59 Å². The van der Waals surface area contributed by atoms with Crippen LogP contribution in [0.5, 0.6) is 0 Å². The number of halogens is 1. The summed E-state index contributed by atoms with van der Waals surface area (Å²) in [6, 6.07) is 5.73. The summed E-state index contributed by atoms with van der Waals surface area (Å²) in [4.78, 5) is 46.9. The number of benzene rings is 1. The van der Waals surface area contributed by atoms with Crippen LogP contribution in [0, 0.1) is 11.7 Å². The Morgan fingerprint density at radius 3 is 2.86 bits per heavy atom. The van der Waals surface area contributed by atoms with Gasteiger partial charge in [0.15, 0.2) is 0 Å². The highest BCUT2D eigenvalue weighted by Gasteiger charge is 2.35. The van der Waals surface area contributed by atoms with Crippen LogP contribution < -0.4 is 21.1 Å². The third kappa shape index (κ3) is 3.85. The Labute approximate surface area is 166 Å². The van der Waals surface area contributed by atoms with E-state index < -0.39 is 29.1 Å². The zero-order chi connectivity index (χ0) is 20.5. The summed E-state index contributed by atoms with van der Waals surface area (Å²) in [5, 5.41) is 5.07.